The Balaban J connectivity index is 2.57. The lowest BCUT2D eigenvalue weighted by molar-refractivity contribution is -0.151. The molecule has 1 aliphatic rings. The molecule has 1 fully saturated rings. The van der Waals surface area contributed by atoms with Crippen molar-refractivity contribution < 1.29 is 29.3 Å². The normalized spacial score (nSPS) is 26.9. The summed E-state index contributed by atoms with van der Waals surface area (Å²) in [4.78, 5) is 34.2. The summed E-state index contributed by atoms with van der Waals surface area (Å²) in [5, 5.41) is 20.9. The van der Waals surface area contributed by atoms with E-state index in [1.807, 2.05) is 6.92 Å². The van der Waals surface area contributed by atoms with E-state index in [-0.39, 0.29) is 12.5 Å². The Morgan fingerprint density at radius 2 is 1.90 bits per heavy atom. The Bertz CT molecular complexity index is 383. The third-order valence-corrected chi connectivity index (χ3v) is 3.83. The van der Waals surface area contributed by atoms with Gasteiger partial charge in [0.2, 0.25) is 5.91 Å². The van der Waals surface area contributed by atoms with Crippen molar-refractivity contribution in [1.82, 2.24) is 5.32 Å². The van der Waals surface area contributed by atoms with Crippen LogP contribution in [0, 0.1) is 17.8 Å². The number of carboxylic acids is 1. The van der Waals surface area contributed by atoms with Crippen molar-refractivity contribution in [3.05, 3.63) is 0 Å². The standard InChI is InChI=1S/C13H21NO6/c1-3-7-4-8(9(5-7)12(17)18)11(16)14-6-10(15)13(19)20-2/h7-10,15H,3-6H2,1-2H3,(H,14,16)(H,17,18). The summed E-state index contributed by atoms with van der Waals surface area (Å²) in [6.07, 6.45) is 0.408. The summed E-state index contributed by atoms with van der Waals surface area (Å²) in [7, 11) is 1.14. The summed E-state index contributed by atoms with van der Waals surface area (Å²) >= 11 is 0. The Morgan fingerprint density at radius 1 is 1.30 bits per heavy atom. The fourth-order valence-electron chi connectivity index (χ4n) is 2.59. The van der Waals surface area contributed by atoms with Crippen molar-refractivity contribution >= 4 is 17.8 Å². The molecule has 7 heteroatoms. The fraction of sp³-hybridized carbons (Fsp3) is 0.769. The van der Waals surface area contributed by atoms with Gasteiger partial charge in [-0.25, -0.2) is 4.79 Å². The molecule has 1 amide bonds. The second-order valence-electron chi connectivity index (χ2n) is 5.08. The molecule has 0 aromatic carbocycles. The summed E-state index contributed by atoms with van der Waals surface area (Å²) in [5.41, 5.74) is 0. The Hall–Kier alpha value is -1.63. The molecule has 0 heterocycles. The number of rotatable bonds is 6. The van der Waals surface area contributed by atoms with Crippen LogP contribution in [0.2, 0.25) is 0 Å². The highest BCUT2D eigenvalue weighted by Gasteiger charge is 2.42. The number of hydrogen-bond donors (Lipinski definition) is 3. The maximum Gasteiger partial charge on any atom is 0.336 e. The Kier molecular flexibility index (Phi) is 5.94. The Morgan fingerprint density at radius 3 is 2.40 bits per heavy atom. The van der Waals surface area contributed by atoms with E-state index in [2.05, 4.69) is 10.1 Å². The van der Waals surface area contributed by atoms with Crippen LogP contribution in [-0.4, -0.2) is 47.8 Å². The van der Waals surface area contributed by atoms with Gasteiger partial charge in [0.25, 0.3) is 0 Å². The Labute approximate surface area is 117 Å². The molecule has 0 aliphatic heterocycles. The predicted octanol–water partition coefficient (Wildman–Crippen LogP) is -0.226. The van der Waals surface area contributed by atoms with E-state index in [1.165, 1.54) is 0 Å². The van der Waals surface area contributed by atoms with Gasteiger partial charge in [-0.05, 0) is 18.8 Å². The van der Waals surface area contributed by atoms with Crippen molar-refractivity contribution in [1.29, 1.82) is 0 Å². The quantitative estimate of drug-likeness (QED) is 0.582. The maximum absolute atomic E-state index is 12.0. The van der Waals surface area contributed by atoms with Crippen molar-refractivity contribution in [2.24, 2.45) is 17.8 Å². The molecule has 1 aliphatic carbocycles. The van der Waals surface area contributed by atoms with Crippen LogP contribution in [0.3, 0.4) is 0 Å². The molecule has 114 valence electrons. The third kappa shape index (κ3) is 3.93. The van der Waals surface area contributed by atoms with E-state index >= 15 is 0 Å². The van der Waals surface area contributed by atoms with Crippen LogP contribution in [-0.2, 0) is 19.1 Å². The van der Waals surface area contributed by atoms with Gasteiger partial charge in [-0.1, -0.05) is 13.3 Å². The lowest BCUT2D eigenvalue weighted by Gasteiger charge is -2.16. The summed E-state index contributed by atoms with van der Waals surface area (Å²) < 4.78 is 4.33. The molecule has 20 heavy (non-hydrogen) atoms. The summed E-state index contributed by atoms with van der Waals surface area (Å²) in [6.45, 7) is 1.69. The average Bonchev–Trinajstić information content (AvgIpc) is 2.87. The number of carbonyl (C=O) groups is 3. The largest absolute Gasteiger partial charge is 0.481 e. The number of aliphatic carboxylic acids is 1. The molecule has 7 nitrogen and oxygen atoms in total. The van der Waals surface area contributed by atoms with Gasteiger partial charge >= 0.3 is 11.9 Å². The van der Waals surface area contributed by atoms with Gasteiger partial charge in [-0.15, -0.1) is 0 Å². The van der Waals surface area contributed by atoms with E-state index in [0.29, 0.717) is 12.8 Å². The highest BCUT2D eigenvalue weighted by molar-refractivity contribution is 5.86. The molecule has 1 rings (SSSR count). The number of amides is 1. The number of methoxy groups -OCH3 is 1. The van der Waals surface area contributed by atoms with Crippen LogP contribution in [0.1, 0.15) is 26.2 Å². The van der Waals surface area contributed by atoms with Crippen LogP contribution in [0.4, 0.5) is 0 Å². The minimum Gasteiger partial charge on any atom is -0.481 e. The molecule has 0 saturated heterocycles. The van der Waals surface area contributed by atoms with Crippen LogP contribution >= 0.6 is 0 Å². The smallest absolute Gasteiger partial charge is 0.336 e. The van der Waals surface area contributed by atoms with Crippen molar-refractivity contribution in [2.75, 3.05) is 13.7 Å². The zero-order chi connectivity index (χ0) is 15.3. The monoisotopic (exact) mass is 287 g/mol. The first-order valence-corrected chi connectivity index (χ1v) is 6.67. The number of nitrogens with one attached hydrogen (secondary N) is 1. The van der Waals surface area contributed by atoms with Gasteiger partial charge in [-0.2, -0.15) is 0 Å². The van der Waals surface area contributed by atoms with Crippen molar-refractivity contribution in [2.45, 2.75) is 32.3 Å². The van der Waals surface area contributed by atoms with Crippen molar-refractivity contribution in [3.63, 3.8) is 0 Å². The van der Waals surface area contributed by atoms with Gasteiger partial charge < -0.3 is 20.3 Å². The van der Waals surface area contributed by atoms with E-state index in [1.54, 1.807) is 0 Å². The SMILES string of the molecule is CCC1CC(C(=O)O)C(C(=O)NCC(O)C(=O)OC)C1. The van der Waals surface area contributed by atoms with Gasteiger partial charge in [0, 0.05) is 0 Å². The predicted molar refractivity (Wildman–Crippen MR) is 68.7 cm³/mol. The molecular weight excluding hydrogens is 266 g/mol. The molecule has 4 atom stereocenters. The number of carbonyl (C=O) groups excluding carboxylic acids is 2. The number of aliphatic hydroxyl groups excluding tert-OH is 1. The van der Waals surface area contributed by atoms with Crippen LogP contribution in [0.25, 0.3) is 0 Å². The number of aliphatic hydroxyl groups is 1. The fourth-order valence-corrected chi connectivity index (χ4v) is 2.59. The first-order valence-electron chi connectivity index (χ1n) is 6.67. The van der Waals surface area contributed by atoms with E-state index in [4.69, 9.17) is 5.11 Å². The van der Waals surface area contributed by atoms with Gasteiger partial charge in [0.1, 0.15) is 0 Å². The highest BCUT2D eigenvalue weighted by Crippen LogP contribution is 2.38. The lowest BCUT2D eigenvalue weighted by Crippen LogP contribution is -2.41. The zero-order valence-electron chi connectivity index (χ0n) is 11.7. The molecule has 4 unspecified atom stereocenters. The molecule has 0 spiro atoms. The van der Waals surface area contributed by atoms with E-state index in [0.717, 1.165) is 13.5 Å². The minimum atomic E-state index is -1.43. The molecule has 1 saturated carbocycles. The zero-order valence-corrected chi connectivity index (χ0v) is 11.7. The molecule has 3 N–H and O–H groups in total. The van der Waals surface area contributed by atoms with Crippen LogP contribution in [0.15, 0.2) is 0 Å². The van der Waals surface area contributed by atoms with Crippen LogP contribution in [0.5, 0.6) is 0 Å². The second kappa shape index (κ2) is 7.23. The van der Waals surface area contributed by atoms with Crippen molar-refractivity contribution in [3.8, 4) is 0 Å². The second-order valence-corrected chi connectivity index (χ2v) is 5.08. The van der Waals surface area contributed by atoms with Gasteiger partial charge in [0.15, 0.2) is 6.10 Å². The molecular formula is C13H21NO6. The molecule has 0 aromatic heterocycles. The molecule has 0 aromatic rings. The number of ether oxygens (including phenoxy) is 1. The van der Waals surface area contributed by atoms with E-state index < -0.39 is 35.8 Å². The van der Waals surface area contributed by atoms with Crippen LogP contribution < -0.4 is 5.32 Å². The third-order valence-electron chi connectivity index (χ3n) is 3.83. The average molecular weight is 287 g/mol. The van der Waals surface area contributed by atoms with Gasteiger partial charge in [0.05, 0.1) is 25.5 Å². The summed E-state index contributed by atoms with van der Waals surface area (Å²) in [6, 6.07) is 0. The van der Waals surface area contributed by atoms with E-state index in [9.17, 15) is 19.5 Å². The minimum absolute atomic E-state index is 0.220. The number of esters is 1. The summed E-state index contributed by atoms with van der Waals surface area (Å²) in [5.74, 6) is -3.33. The topological polar surface area (TPSA) is 113 Å². The highest BCUT2D eigenvalue weighted by atomic mass is 16.5. The number of hydrogen-bond acceptors (Lipinski definition) is 5. The molecule has 0 bridgehead atoms. The number of carboxylic acid groups (broad SMARTS) is 1. The van der Waals surface area contributed by atoms with Gasteiger partial charge in [-0.3, -0.25) is 9.59 Å². The first kappa shape index (κ1) is 16.4. The maximum atomic E-state index is 12.0. The first-order chi connectivity index (χ1) is 9.40. The molecule has 0 radical (unpaired) electrons. The lowest BCUT2D eigenvalue weighted by atomic mass is 9.95.